The Hall–Kier alpha value is -3.39. The molecule has 1 aromatic carbocycles. The lowest BCUT2D eigenvalue weighted by Crippen LogP contribution is -2.25. The van der Waals surface area contributed by atoms with E-state index in [2.05, 4.69) is 21.8 Å². The maximum atomic E-state index is 12.8. The van der Waals surface area contributed by atoms with Crippen molar-refractivity contribution in [3.63, 3.8) is 0 Å². The minimum Gasteiger partial charge on any atom is -0.485 e. The first-order valence-electron chi connectivity index (χ1n) is 9.83. The zero-order valence-corrected chi connectivity index (χ0v) is 16.6. The van der Waals surface area contributed by atoms with E-state index in [1.165, 1.54) is 18.9 Å². The van der Waals surface area contributed by atoms with Gasteiger partial charge in [0.2, 0.25) is 0 Å². The molecule has 0 bridgehead atoms. The first-order chi connectivity index (χ1) is 14.1. The van der Waals surface area contributed by atoms with E-state index in [0.29, 0.717) is 17.5 Å². The van der Waals surface area contributed by atoms with E-state index in [4.69, 9.17) is 4.74 Å². The number of hydrogen-bond donors (Lipinski definition) is 0. The van der Waals surface area contributed by atoms with Crippen molar-refractivity contribution in [3.8, 4) is 17.6 Å². The van der Waals surface area contributed by atoms with Crippen LogP contribution in [0, 0.1) is 24.7 Å². The van der Waals surface area contributed by atoms with Gasteiger partial charge < -0.3 is 9.30 Å². The van der Waals surface area contributed by atoms with E-state index in [-0.39, 0.29) is 18.2 Å². The summed E-state index contributed by atoms with van der Waals surface area (Å²) in [7, 11) is 0. The van der Waals surface area contributed by atoms with Crippen molar-refractivity contribution >= 4 is 0 Å². The standard InChI is InChI=1S/C24H23N3O2/c1-17-14-22(29-16-23-25-12-3-13-26-23)15-24(28)27(17)18(2)21-10-8-20(9-11-21)7-6-19-4-5-19/h3,8-15,18-19H,4-5,16H2,1-2H3. The molecule has 29 heavy (non-hydrogen) atoms. The lowest BCUT2D eigenvalue weighted by atomic mass is 10.1. The Morgan fingerprint density at radius 1 is 1.17 bits per heavy atom. The fourth-order valence-corrected chi connectivity index (χ4v) is 3.22. The normalized spacial score (nSPS) is 14.0. The predicted molar refractivity (Wildman–Crippen MR) is 112 cm³/mol. The van der Waals surface area contributed by atoms with Crippen LogP contribution in [0.3, 0.4) is 0 Å². The highest BCUT2D eigenvalue weighted by Gasteiger charge is 2.18. The molecule has 4 rings (SSSR count). The number of pyridine rings is 1. The smallest absolute Gasteiger partial charge is 0.254 e. The van der Waals surface area contributed by atoms with Gasteiger partial charge in [0.1, 0.15) is 12.4 Å². The first kappa shape index (κ1) is 18.9. The fourth-order valence-electron chi connectivity index (χ4n) is 3.22. The number of hydrogen-bond acceptors (Lipinski definition) is 4. The van der Waals surface area contributed by atoms with E-state index in [1.807, 2.05) is 44.2 Å². The monoisotopic (exact) mass is 385 g/mol. The highest BCUT2D eigenvalue weighted by atomic mass is 16.5. The van der Waals surface area contributed by atoms with Gasteiger partial charge in [-0.1, -0.05) is 24.0 Å². The molecule has 1 unspecified atom stereocenters. The molecular weight excluding hydrogens is 362 g/mol. The van der Waals surface area contributed by atoms with Crippen LogP contribution in [-0.4, -0.2) is 14.5 Å². The summed E-state index contributed by atoms with van der Waals surface area (Å²) >= 11 is 0. The van der Waals surface area contributed by atoms with Gasteiger partial charge in [0.25, 0.3) is 5.56 Å². The molecule has 2 heterocycles. The molecule has 0 N–H and O–H groups in total. The number of aryl methyl sites for hydroxylation is 1. The van der Waals surface area contributed by atoms with Gasteiger partial charge in [-0.25, -0.2) is 9.97 Å². The molecule has 1 aliphatic rings. The summed E-state index contributed by atoms with van der Waals surface area (Å²) in [6.07, 6.45) is 5.78. The van der Waals surface area contributed by atoms with E-state index in [1.54, 1.807) is 23.0 Å². The highest BCUT2D eigenvalue weighted by molar-refractivity contribution is 5.38. The van der Waals surface area contributed by atoms with Crippen molar-refractivity contribution in [2.75, 3.05) is 0 Å². The van der Waals surface area contributed by atoms with Gasteiger partial charge in [-0.05, 0) is 56.5 Å². The molecular formula is C24H23N3O2. The Morgan fingerprint density at radius 3 is 2.55 bits per heavy atom. The molecule has 0 spiro atoms. The van der Waals surface area contributed by atoms with Crippen LogP contribution in [0.25, 0.3) is 0 Å². The maximum Gasteiger partial charge on any atom is 0.254 e. The quantitative estimate of drug-likeness (QED) is 0.625. The van der Waals surface area contributed by atoms with Crippen LogP contribution in [0.4, 0.5) is 0 Å². The fraction of sp³-hybridized carbons (Fsp3) is 0.292. The van der Waals surface area contributed by atoms with Crippen LogP contribution in [0.5, 0.6) is 5.75 Å². The van der Waals surface area contributed by atoms with Crippen LogP contribution in [0.2, 0.25) is 0 Å². The second kappa shape index (κ2) is 8.32. The number of benzene rings is 1. The third-order valence-corrected chi connectivity index (χ3v) is 5.00. The average molecular weight is 385 g/mol. The zero-order valence-electron chi connectivity index (χ0n) is 16.6. The second-order valence-corrected chi connectivity index (χ2v) is 7.34. The summed E-state index contributed by atoms with van der Waals surface area (Å²) in [5, 5.41) is 0. The SMILES string of the molecule is Cc1cc(OCc2ncccn2)cc(=O)n1C(C)c1ccc(C#CC2CC2)cc1. The van der Waals surface area contributed by atoms with Gasteiger partial charge in [-0.15, -0.1) is 0 Å². The number of ether oxygens (including phenoxy) is 1. The number of aromatic nitrogens is 3. The summed E-state index contributed by atoms with van der Waals surface area (Å²) in [5.41, 5.74) is 2.83. The number of nitrogens with zero attached hydrogens (tertiary/aromatic N) is 3. The Kier molecular flexibility index (Phi) is 5.44. The van der Waals surface area contributed by atoms with Crippen molar-refractivity contribution < 1.29 is 4.74 Å². The van der Waals surface area contributed by atoms with E-state index < -0.39 is 0 Å². The summed E-state index contributed by atoms with van der Waals surface area (Å²) < 4.78 is 7.48. The molecule has 3 aromatic rings. The Labute approximate surface area is 170 Å². The van der Waals surface area contributed by atoms with Gasteiger partial charge in [0.15, 0.2) is 5.82 Å². The molecule has 0 amide bonds. The Morgan fingerprint density at radius 2 is 1.90 bits per heavy atom. The van der Waals surface area contributed by atoms with Crippen molar-refractivity contribution in [1.29, 1.82) is 0 Å². The lowest BCUT2D eigenvalue weighted by Gasteiger charge is -2.19. The van der Waals surface area contributed by atoms with Gasteiger partial charge in [-0.3, -0.25) is 4.79 Å². The summed E-state index contributed by atoms with van der Waals surface area (Å²) in [4.78, 5) is 21.0. The van der Waals surface area contributed by atoms with Gasteiger partial charge in [0.05, 0.1) is 6.04 Å². The van der Waals surface area contributed by atoms with Crippen LogP contribution >= 0.6 is 0 Å². The Balaban J connectivity index is 1.50. The molecule has 5 nitrogen and oxygen atoms in total. The Bertz CT molecular complexity index is 1100. The van der Waals surface area contributed by atoms with Crippen LogP contribution in [0.1, 0.15) is 48.5 Å². The molecule has 1 fully saturated rings. The summed E-state index contributed by atoms with van der Waals surface area (Å²) in [6.45, 7) is 4.17. The molecule has 0 saturated heterocycles. The van der Waals surface area contributed by atoms with Crippen molar-refractivity contribution in [1.82, 2.24) is 14.5 Å². The van der Waals surface area contributed by atoms with E-state index in [0.717, 1.165) is 16.8 Å². The van der Waals surface area contributed by atoms with Crippen molar-refractivity contribution in [2.45, 2.75) is 39.3 Å². The predicted octanol–water partition coefficient (Wildman–Crippen LogP) is 3.90. The van der Waals surface area contributed by atoms with Gasteiger partial charge in [-0.2, -0.15) is 0 Å². The largest absolute Gasteiger partial charge is 0.485 e. The van der Waals surface area contributed by atoms with Gasteiger partial charge >= 0.3 is 0 Å². The third-order valence-electron chi connectivity index (χ3n) is 5.00. The molecule has 0 aliphatic heterocycles. The highest BCUT2D eigenvalue weighted by Crippen LogP contribution is 2.27. The molecule has 1 atom stereocenters. The molecule has 1 aliphatic carbocycles. The summed E-state index contributed by atoms with van der Waals surface area (Å²) in [5.74, 6) is 8.18. The molecule has 1 saturated carbocycles. The minimum absolute atomic E-state index is 0.0838. The van der Waals surface area contributed by atoms with E-state index >= 15 is 0 Å². The lowest BCUT2D eigenvalue weighted by molar-refractivity contribution is 0.294. The molecule has 146 valence electrons. The van der Waals surface area contributed by atoms with Crippen LogP contribution in [-0.2, 0) is 6.61 Å². The van der Waals surface area contributed by atoms with Crippen LogP contribution < -0.4 is 10.3 Å². The topological polar surface area (TPSA) is 57.0 Å². The zero-order chi connectivity index (χ0) is 20.2. The van der Waals surface area contributed by atoms with E-state index in [9.17, 15) is 4.79 Å². The summed E-state index contributed by atoms with van der Waals surface area (Å²) in [6, 6.07) is 13.2. The minimum atomic E-state index is -0.0981. The maximum absolute atomic E-state index is 12.8. The number of rotatable bonds is 5. The molecule has 5 heteroatoms. The average Bonchev–Trinajstić information content (AvgIpc) is 3.56. The van der Waals surface area contributed by atoms with Crippen LogP contribution in [0.15, 0.2) is 59.7 Å². The van der Waals surface area contributed by atoms with Gasteiger partial charge in [0, 0.05) is 35.6 Å². The molecule has 0 radical (unpaired) electrons. The third kappa shape index (κ3) is 4.72. The molecule has 2 aromatic heterocycles. The second-order valence-electron chi connectivity index (χ2n) is 7.34. The van der Waals surface area contributed by atoms with Crippen molar-refractivity contribution in [2.24, 2.45) is 5.92 Å². The van der Waals surface area contributed by atoms with Crippen molar-refractivity contribution in [3.05, 3.63) is 87.9 Å². The first-order valence-corrected chi connectivity index (χ1v) is 9.83.